The van der Waals surface area contributed by atoms with Crippen LogP contribution < -0.4 is 5.73 Å². The van der Waals surface area contributed by atoms with Crippen molar-refractivity contribution in [3.63, 3.8) is 0 Å². The van der Waals surface area contributed by atoms with Crippen molar-refractivity contribution >= 4 is 5.91 Å². The van der Waals surface area contributed by atoms with Gasteiger partial charge in [-0.05, 0) is 29.9 Å². The fourth-order valence-electron chi connectivity index (χ4n) is 3.97. The molecule has 0 bridgehead atoms. The summed E-state index contributed by atoms with van der Waals surface area (Å²) in [6, 6.07) is 8.49. The van der Waals surface area contributed by atoms with E-state index < -0.39 is 0 Å². The molecular formula is C18H26N2O. The molecule has 0 spiro atoms. The van der Waals surface area contributed by atoms with Crippen LogP contribution in [0.4, 0.5) is 0 Å². The maximum Gasteiger partial charge on any atom is 0.223 e. The number of rotatable bonds is 4. The minimum Gasteiger partial charge on any atom is -0.334 e. The summed E-state index contributed by atoms with van der Waals surface area (Å²) in [7, 11) is 0. The number of fused-ring (bicyclic) bond motifs is 1. The van der Waals surface area contributed by atoms with Gasteiger partial charge in [0.05, 0.1) is 6.04 Å². The summed E-state index contributed by atoms with van der Waals surface area (Å²) in [5.41, 5.74) is 8.58. The molecule has 1 fully saturated rings. The molecule has 1 atom stereocenters. The summed E-state index contributed by atoms with van der Waals surface area (Å²) in [5, 5.41) is 0. The largest absolute Gasteiger partial charge is 0.334 e. The highest BCUT2D eigenvalue weighted by Gasteiger charge is 2.29. The van der Waals surface area contributed by atoms with Crippen molar-refractivity contribution < 1.29 is 4.79 Å². The van der Waals surface area contributed by atoms with E-state index in [4.69, 9.17) is 5.73 Å². The number of amides is 1. The number of carbonyl (C=O) groups excluding carboxylic acids is 1. The van der Waals surface area contributed by atoms with E-state index >= 15 is 0 Å². The van der Waals surface area contributed by atoms with Gasteiger partial charge < -0.3 is 10.6 Å². The predicted molar refractivity (Wildman–Crippen MR) is 84.8 cm³/mol. The zero-order valence-electron chi connectivity index (χ0n) is 12.8. The van der Waals surface area contributed by atoms with Crippen molar-refractivity contribution in [2.45, 2.75) is 51.0 Å². The summed E-state index contributed by atoms with van der Waals surface area (Å²) in [6.07, 6.45) is 8.05. The zero-order chi connectivity index (χ0) is 14.7. The molecule has 1 aliphatic heterocycles. The molecule has 1 aromatic carbocycles. The Morgan fingerprint density at radius 3 is 2.76 bits per heavy atom. The van der Waals surface area contributed by atoms with Gasteiger partial charge in [-0.1, -0.05) is 49.9 Å². The first-order chi connectivity index (χ1) is 10.3. The highest BCUT2D eigenvalue weighted by molar-refractivity contribution is 5.77. The smallest absolute Gasteiger partial charge is 0.223 e. The molecular weight excluding hydrogens is 260 g/mol. The summed E-state index contributed by atoms with van der Waals surface area (Å²) >= 11 is 0. The molecule has 3 rings (SSSR count). The van der Waals surface area contributed by atoms with E-state index in [9.17, 15) is 4.79 Å². The van der Waals surface area contributed by atoms with Crippen molar-refractivity contribution in [1.82, 2.24) is 4.90 Å². The van der Waals surface area contributed by atoms with Crippen LogP contribution in [0.3, 0.4) is 0 Å². The standard InChI is InChI=1S/C18H26N2O/c19-13-17-16-8-4-3-7-15(16)11-12-20(17)18(21)10-9-14-5-1-2-6-14/h3-4,7-8,14,17H,1-2,5-6,9-13,19H2. The molecule has 21 heavy (non-hydrogen) atoms. The normalized spacial score (nSPS) is 22.3. The van der Waals surface area contributed by atoms with E-state index in [2.05, 4.69) is 18.2 Å². The first kappa shape index (κ1) is 14.6. The molecule has 1 saturated carbocycles. The summed E-state index contributed by atoms with van der Waals surface area (Å²) in [6.45, 7) is 1.34. The van der Waals surface area contributed by atoms with Gasteiger partial charge in [0, 0.05) is 19.5 Å². The molecule has 0 aromatic heterocycles. The van der Waals surface area contributed by atoms with Gasteiger partial charge in [0.1, 0.15) is 0 Å². The first-order valence-corrected chi connectivity index (χ1v) is 8.37. The van der Waals surface area contributed by atoms with Gasteiger partial charge in [-0.2, -0.15) is 0 Å². The monoisotopic (exact) mass is 286 g/mol. The lowest BCUT2D eigenvalue weighted by Gasteiger charge is -2.37. The van der Waals surface area contributed by atoms with E-state index in [1.54, 1.807) is 0 Å². The Hall–Kier alpha value is -1.35. The molecule has 0 saturated heterocycles. The Labute approximate surface area is 127 Å². The second-order valence-electron chi connectivity index (χ2n) is 6.48. The van der Waals surface area contributed by atoms with Gasteiger partial charge in [0.15, 0.2) is 0 Å². The van der Waals surface area contributed by atoms with Gasteiger partial charge in [0.25, 0.3) is 0 Å². The van der Waals surface area contributed by atoms with Crippen LogP contribution >= 0.6 is 0 Å². The number of nitrogens with zero attached hydrogens (tertiary/aromatic N) is 1. The lowest BCUT2D eigenvalue weighted by atomic mass is 9.92. The van der Waals surface area contributed by atoms with Crippen molar-refractivity contribution in [2.75, 3.05) is 13.1 Å². The van der Waals surface area contributed by atoms with Crippen LogP contribution in [-0.2, 0) is 11.2 Å². The van der Waals surface area contributed by atoms with E-state index in [-0.39, 0.29) is 6.04 Å². The van der Waals surface area contributed by atoms with Gasteiger partial charge in [-0.3, -0.25) is 4.79 Å². The van der Waals surface area contributed by atoms with Crippen molar-refractivity contribution in [2.24, 2.45) is 11.7 Å². The van der Waals surface area contributed by atoms with Crippen molar-refractivity contribution in [3.05, 3.63) is 35.4 Å². The average Bonchev–Trinajstić information content (AvgIpc) is 3.04. The molecule has 2 N–H and O–H groups in total. The van der Waals surface area contributed by atoms with Gasteiger partial charge >= 0.3 is 0 Å². The molecule has 3 heteroatoms. The first-order valence-electron chi connectivity index (χ1n) is 8.37. The van der Waals surface area contributed by atoms with Crippen LogP contribution in [0.15, 0.2) is 24.3 Å². The maximum atomic E-state index is 12.6. The third kappa shape index (κ3) is 3.13. The van der Waals surface area contributed by atoms with Crippen LogP contribution in [0.2, 0.25) is 0 Å². The fraction of sp³-hybridized carbons (Fsp3) is 0.611. The van der Waals surface area contributed by atoms with Crippen molar-refractivity contribution in [3.8, 4) is 0 Å². The molecule has 1 aromatic rings. The van der Waals surface area contributed by atoms with Gasteiger partial charge in [0.2, 0.25) is 5.91 Å². The molecule has 1 heterocycles. The molecule has 0 radical (unpaired) electrons. The number of nitrogens with two attached hydrogens (primary N) is 1. The number of carbonyl (C=O) groups is 1. The Morgan fingerprint density at radius 2 is 2.00 bits per heavy atom. The summed E-state index contributed by atoms with van der Waals surface area (Å²) in [5.74, 6) is 1.08. The Balaban J connectivity index is 1.65. The second-order valence-corrected chi connectivity index (χ2v) is 6.48. The van der Waals surface area contributed by atoms with Crippen LogP contribution in [0.25, 0.3) is 0 Å². The number of hydrogen-bond donors (Lipinski definition) is 1. The SMILES string of the molecule is NCC1c2ccccc2CCN1C(=O)CCC1CCCC1. The topological polar surface area (TPSA) is 46.3 Å². The third-order valence-corrected chi connectivity index (χ3v) is 5.20. The van der Waals surface area contributed by atoms with E-state index in [1.165, 1.54) is 36.8 Å². The fourth-order valence-corrected chi connectivity index (χ4v) is 3.97. The molecule has 2 aliphatic rings. The van der Waals surface area contributed by atoms with Crippen LogP contribution in [0.1, 0.15) is 55.7 Å². The Bertz CT molecular complexity index is 494. The van der Waals surface area contributed by atoms with Crippen LogP contribution in [0, 0.1) is 5.92 Å². The highest BCUT2D eigenvalue weighted by atomic mass is 16.2. The van der Waals surface area contributed by atoms with E-state index in [1.807, 2.05) is 11.0 Å². The van der Waals surface area contributed by atoms with Crippen LogP contribution in [0.5, 0.6) is 0 Å². The number of hydrogen-bond acceptors (Lipinski definition) is 2. The minimum atomic E-state index is 0.0750. The highest BCUT2D eigenvalue weighted by Crippen LogP contribution is 2.32. The molecule has 114 valence electrons. The third-order valence-electron chi connectivity index (χ3n) is 5.20. The summed E-state index contributed by atoms with van der Waals surface area (Å²) in [4.78, 5) is 14.6. The van der Waals surface area contributed by atoms with E-state index in [0.717, 1.165) is 25.3 Å². The lowest BCUT2D eigenvalue weighted by molar-refractivity contribution is -0.134. The average molecular weight is 286 g/mol. The molecule has 1 unspecified atom stereocenters. The quantitative estimate of drug-likeness (QED) is 0.924. The van der Waals surface area contributed by atoms with Gasteiger partial charge in [-0.25, -0.2) is 0 Å². The second kappa shape index (κ2) is 6.61. The van der Waals surface area contributed by atoms with Crippen LogP contribution in [-0.4, -0.2) is 23.9 Å². The Morgan fingerprint density at radius 1 is 1.24 bits per heavy atom. The van der Waals surface area contributed by atoms with E-state index in [0.29, 0.717) is 18.9 Å². The Kier molecular flexibility index (Phi) is 4.59. The van der Waals surface area contributed by atoms with Gasteiger partial charge in [-0.15, -0.1) is 0 Å². The zero-order valence-corrected chi connectivity index (χ0v) is 12.8. The summed E-state index contributed by atoms with van der Waals surface area (Å²) < 4.78 is 0. The molecule has 1 amide bonds. The number of benzene rings is 1. The lowest BCUT2D eigenvalue weighted by Crippen LogP contribution is -2.43. The minimum absolute atomic E-state index is 0.0750. The molecule has 1 aliphatic carbocycles. The maximum absolute atomic E-state index is 12.6. The van der Waals surface area contributed by atoms with Crippen molar-refractivity contribution in [1.29, 1.82) is 0 Å². The molecule has 3 nitrogen and oxygen atoms in total. The predicted octanol–water partition coefficient (Wildman–Crippen LogP) is 3.04.